The summed E-state index contributed by atoms with van der Waals surface area (Å²) < 4.78 is 62.9. The zero-order valence-corrected chi connectivity index (χ0v) is 22.0. The van der Waals surface area contributed by atoms with Crippen LogP contribution in [0.2, 0.25) is 5.02 Å². The van der Waals surface area contributed by atoms with E-state index in [2.05, 4.69) is 15.6 Å². The number of hydrogen-bond donors (Lipinski definition) is 3. The van der Waals surface area contributed by atoms with Crippen LogP contribution in [0.5, 0.6) is 28.7 Å². The Balaban J connectivity index is 1.31. The molecule has 13 heteroatoms. The molecule has 3 N–H and O–H groups in total. The number of aliphatic hydroxyl groups is 1. The second kappa shape index (κ2) is 12.0. The summed E-state index contributed by atoms with van der Waals surface area (Å²) in [6.45, 7) is 0.954. The molecule has 1 aliphatic rings. The lowest BCUT2D eigenvalue weighted by atomic mass is 10.1. The number of amides is 2. The minimum absolute atomic E-state index is 0.00645. The number of aliphatic hydroxyl groups excluding tert-OH is 1. The highest BCUT2D eigenvalue weighted by atomic mass is 35.5. The average Bonchev–Trinajstić information content (AvgIpc) is 2.94. The van der Waals surface area contributed by atoms with Crippen molar-refractivity contribution in [2.24, 2.45) is 0 Å². The smallest absolute Gasteiger partial charge is 0.417 e. The maximum atomic E-state index is 13.1. The molecule has 0 saturated heterocycles. The number of benzene rings is 3. The monoisotopic (exact) mass is 589 g/mol. The first-order valence-electron chi connectivity index (χ1n) is 12.4. The van der Waals surface area contributed by atoms with Crippen molar-refractivity contribution in [2.75, 3.05) is 37.1 Å². The number of fused-ring (bicyclic) bond motifs is 3. The van der Waals surface area contributed by atoms with Gasteiger partial charge >= 0.3 is 12.2 Å². The second-order valence-corrected chi connectivity index (χ2v) is 9.16. The van der Waals surface area contributed by atoms with Gasteiger partial charge in [-0.05, 0) is 48.5 Å². The molecule has 3 aromatic carbocycles. The molecule has 0 aliphatic carbocycles. The van der Waals surface area contributed by atoms with Crippen LogP contribution in [0, 0.1) is 0 Å². The fraction of sp³-hybridized carbons (Fsp3) is 0.214. The van der Waals surface area contributed by atoms with Gasteiger partial charge in [0, 0.05) is 36.7 Å². The van der Waals surface area contributed by atoms with Gasteiger partial charge in [0.15, 0.2) is 11.5 Å². The Kier molecular flexibility index (Phi) is 8.22. The number of aromatic nitrogens is 1. The first-order valence-corrected chi connectivity index (χ1v) is 12.8. The number of rotatable bonds is 8. The third-order valence-electron chi connectivity index (χ3n) is 5.87. The Labute approximate surface area is 236 Å². The molecule has 41 heavy (non-hydrogen) atoms. The predicted octanol–water partition coefficient (Wildman–Crippen LogP) is 6.88. The number of nitrogens with one attached hydrogen (secondary N) is 2. The van der Waals surface area contributed by atoms with Crippen molar-refractivity contribution in [2.45, 2.75) is 12.6 Å². The van der Waals surface area contributed by atoms with E-state index in [0.29, 0.717) is 71.6 Å². The zero-order chi connectivity index (χ0) is 29.0. The molecule has 0 bridgehead atoms. The fourth-order valence-corrected chi connectivity index (χ4v) is 4.28. The maximum absolute atomic E-state index is 13.1. The molecule has 0 spiro atoms. The van der Waals surface area contributed by atoms with E-state index < -0.39 is 22.8 Å². The van der Waals surface area contributed by atoms with Crippen molar-refractivity contribution in [3.8, 4) is 28.7 Å². The van der Waals surface area contributed by atoms with Gasteiger partial charge in [0.2, 0.25) is 5.75 Å². The molecule has 214 valence electrons. The molecule has 5 rings (SSSR count). The van der Waals surface area contributed by atoms with E-state index >= 15 is 0 Å². The number of pyridine rings is 1. The summed E-state index contributed by atoms with van der Waals surface area (Å²) in [5, 5.41) is 14.1. The molecule has 9 nitrogen and oxygen atoms in total. The molecular weight excluding hydrogens is 567 g/mol. The molecule has 1 aromatic heterocycles. The van der Waals surface area contributed by atoms with E-state index in [1.807, 2.05) is 0 Å². The number of carbonyl (C=O) groups excluding carboxylic acids is 1. The van der Waals surface area contributed by atoms with E-state index in [4.69, 9.17) is 35.7 Å². The molecule has 0 radical (unpaired) electrons. The van der Waals surface area contributed by atoms with Gasteiger partial charge in [0.1, 0.15) is 24.7 Å². The first-order chi connectivity index (χ1) is 19.7. The summed E-state index contributed by atoms with van der Waals surface area (Å²) >= 11 is 5.63. The maximum Gasteiger partial charge on any atom is 0.417 e. The molecule has 0 fully saturated rings. The number of anilines is 2. The minimum atomic E-state index is -4.66. The number of hydrogen-bond acceptors (Lipinski definition) is 7. The number of alkyl halides is 3. The van der Waals surface area contributed by atoms with Crippen LogP contribution < -0.4 is 29.6 Å². The second-order valence-electron chi connectivity index (χ2n) is 8.76. The number of nitrogens with zero attached hydrogens (tertiary/aromatic N) is 1. The fourth-order valence-electron chi connectivity index (χ4n) is 4.06. The third kappa shape index (κ3) is 6.50. The molecule has 2 heterocycles. The Hall–Kier alpha value is -4.42. The molecule has 0 saturated carbocycles. The number of urea groups is 1. The Morgan fingerprint density at radius 1 is 0.976 bits per heavy atom. The van der Waals surface area contributed by atoms with Crippen molar-refractivity contribution >= 4 is 39.9 Å². The Bertz CT molecular complexity index is 1570. The van der Waals surface area contributed by atoms with Crippen LogP contribution in [0.3, 0.4) is 0 Å². The SMILES string of the molecule is O=C(Nc1ccc(Oc2ccnc3cc(OCCCO)c4c(c23)OCCO4)cc1)Nc1ccc(Cl)c(C(F)(F)F)c1. The highest BCUT2D eigenvalue weighted by molar-refractivity contribution is 6.31. The lowest BCUT2D eigenvalue weighted by molar-refractivity contribution is -0.137. The van der Waals surface area contributed by atoms with E-state index in [1.54, 1.807) is 42.6 Å². The summed E-state index contributed by atoms with van der Waals surface area (Å²) in [5.41, 5.74) is -0.194. The lowest BCUT2D eigenvalue weighted by Gasteiger charge is -2.23. The minimum Gasteiger partial charge on any atom is -0.489 e. The van der Waals surface area contributed by atoms with Crippen molar-refractivity contribution in [1.29, 1.82) is 0 Å². The standard InChI is InChI=1S/C28H23ClF3N3O6/c29-20-7-4-17(14-19(20)28(30,31)32)35-27(37)34-16-2-5-18(6-3-16)41-22-8-9-33-21-15-23(38-11-1-10-36)25-26(24(21)22)40-13-12-39-25/h2-9,14-15,36H,1,10-13H2,(H2,34,35,37). The van der Waals surface area contributed by atoms with Crippen LogP contribution in [0.25, 0.3) is 10.9 Å². The molecule has 2 amide bonds. The quantitative estimate of drug-likeness (QED) is 0.192. The Morgan fingerprint density at radius 2 is 1.68 bits per heavy atom. The molecule has 4 aromatic rings. The van der Waals surface area contributed by atoms with Crippen LogP contribution in [0.4, 0.5) is 29.3 Å². The van der Waals surface area contributed by atoms with Crippen LogP contribution in [-0.2, 0) is 6.18 Å². The topological polar surface area (TPSA) is 111 Å². The van der Waals surface area contributed by atoms with E-state index in [9.17, 15) is 18.0 Å². The van der Waals surface area contributed by atoms with E-state index in [0.717, 1.165) is 12.1 Å². The van der Waals surface area contributed by atoms with E-state index in [-0.39, 0.29) is 12.3 Å². The predicted molar refractivity (Wildman–Crippen MR) is 146 cm³/mol. The summed E-state index contributed by atoms with van der Waals surface area (Å²) in [4.78, 5) is 16.8. The number of ether oxygens (including phenoxy) is 4. The molecule has 1 aliphatic heterocycles. The van der Waals surface area contributed by atoms with Crippen molar-refractivity contribution in [3.63, 3.8) is 0 Å². The van der Waals surface area contributed by atoms with Gasteiger partial charge in [-0.15, -0.1) is 0 Å². The largest absolute Gasteiger partial charge is 0.489 e. The normalized spacial score (nSPS) is 12.6. The van der Waals surface area contributed by atoms with Crippen LogP contribution >= 0.6 is 11.6 Å². The van der Waals surface area contributed by atoms with Gasteiger partial charge in [0.05, 0.1) is 28.1 Å². The van der Waals surface area contributed by atoms with Crippen molar-refractivity contribution in [1.82, 2.24) is 4.98 Å². The lowest BCUT2D eigenvalue weighted by Crippen LogP contribution is -2.19. The van der Waals surface area contributed by atoms with Crippen LogP contribution in [0.1, 0.15) is 12.0 Å². The van der Waals surface area contributed by atoms with Gasteiger partial charge in [-0.3, -0.25) is 4.98 Å². The van der Waals surface area contributed by atoms with Crippen LogP contribution in [-0.4, -0.2) is 42.5 Å². The highest BCUT2D eigenvalue weighted by Crippen LogP contribution is 2.48. The first kappa shape index (κ1) is 28.1. The van der Waals surface area contributed by atoms with Crippen molar-refractivity contribution < 1.29 is 42.0 Å². The molecule has 0 atom stereocenters. The average molecular weight is 590 g/mol. The zero-order valence-electron chi connectivity index (χ0n) is 21.3. The molecular formula is C28H23ClF3N3O6. The summed E-state index contributed by atoms with van der Waals surface area (Å²) in [6.07, 6.45) is -2.63. The third-order valence-corrected chi connectivity index (χ3v) is 6.20. The summed E-state index contributed by atoms with van der Waals surface area (Å²) in [6, 6.07) is 12.1. The Morgan fingerprint density at radius 3 is 2.41 bits per heavy atom. The summed E-state index contributed by atoms with van der Waals surface area (Å²) in [7, 11) is 0. The highest BCUT2D eigenvalue weighted by Gasteiger charge is 2.33. The molecule has 0 unspecified atom stereocenters. The van der Waals surface area contributed by atoms with Gasteiger partial charge in [-0.1, -0.05) is 11.6 Å². The van der Waals surface area contributed by atoms with Gasteiger partial charge < -0.3 is 34.7 Å². The van der Waals surface area contributed by atoms with Gasteiger partial charge in [-0.25, -0.2) is 4.79 Å². The van der Waals surface area contributed by atoms with Crippen molar-refractivity contribution in [3.05, 3.63) is 71.4 Å². The van der Waals surface area contributed by atoms with Crippen LogP contribution in [0.15, 0.2) is 60.8 Å². The number of halogens is 4. The van der Waals surface area contributed by atoms with Gasteiger partial charge in [-0.2, -0.15) is 13.2 Å². The summed E-state index contributed by atoms with van der Waals surface area (Å²) in [5.74, 6) is 2.19. The van der Waals surface area contributed by atoms with E-state index in [1.165, 1.54) is 6.07 Å². The van der Waals surface area contributed by atoms with Gasteiger partial charge in [0.25, 0.3) is 0 Å². The number of carbonyl (C=O) groups is 1.